The molecule has 3 aromatic rings. The van der Waals surface area contributed by atoms with Crippen molar-refractivity contribution in [2.24, 2.45) is 0 Å². The maximum atomic E-state index is 13.5. The molecule has 2 aromatic heterocycles. The van der Waals surface area contributed by atoms with E-state index in [0.717, 1.165) is 18.7 Å². The van der Waals surface area contributed by atoms with Gasteiger partial charge in [0.05, 0.1) is 43.7 Å². The van der Waals surface area contributed by atoms with Gasteiger partial charge in [0.15, 0.2) is 0 Å². The molecule has 4 rings (SSSR count). The number of hydrogen-bond acceptors (Lipinski definition) is 6. The minimum atomic E-state index is -4.08. The van der Waals surface area contributed by atoms with E-state index >= 15 is 0 Å². The first-order valence-corrected chi connectivity index (χ1v) is 11.8. The number of hydrogen-bond donors (Lipinski definition) is 1. The Bertz CT molecular complexity index is 1400. The number of anilines is 1. The molecule has 0 aliphatic carbocycles. The van der Waals surface area contributed by atoms with Crippen LogP contribution in [0.4, 0.5) is 5.82 Å². The minimum Gasteiger partial charge on any atom is -0.345 e. The van der Waals surface area contributed by atoms with E-state index in [-0.39, 0.29) is 10.5 Å². The molecule has 32 heavy (non-hydrogen) atoms. The van der Waals surface area contributed by atoms with Gasteiger partial charge < -0.3 is 9.80 Å². The Kier molecular flexibility index (Phi) is 5.82. The molecular formula is C23H24N5O3S+. The average Bonchev–Trinajstić information content (AvgIpc) is 2.80. The van der Waals surface area contributed by atoms with Crippen molar-refractivity contribution < 1.29 is 13.3 Å². The summed E-state index contributed by atoms with van der Waals surface area (Å²) in [4.78, 5) is 21.1. The lowest BCUT2D eigenvalue weighted by molar-refractivity contribution is -0.880. The molecule has 0 amide bonds. The van der Waals surface area contributed by atoms with E-state index in [2.05, 4.69) is 7.05 Å². The van der Waals surface area contributed by atoms with Crippen LogP contribution in [0.25, 0.3) is 11.7 Å². The topological polar surface area (TPSA) is 100.0 Å². The molecule has 1 aliphatic rings. The molecule has 164 valence electrons. The highest BCUT2D eigenvalue weighted by molar-refractivity contribution is 7.95. The molecule has 9 heteroatoms. The standard InChI is InChI=1S/C23H23N5O3S/c1-17-7-6-10-28-21(17)25-22(27-13-11-26(2)12-14-27)20(23(28)29)15-19(16-24)32(30,31)18-8-4-3-5-9-18/h3-10,15H,11-14H2,1-2H3/p+1/b19-15+. The summed E-state index contributed by atoms with van der Waals surface area (Å²) in [5, 5.41) is 9.72. The Hall–Kier alpha value is -3.48. The molecule has 8 nitrogen and oxygen atoms in total. The summed E-state index contributed by atoms with van der Waals surface area (Å²) in [7, 11) is -1.98. The van der Waals surface area contributed by atoms with Gasteiger partial charge in [-0.05, 0) is 36.8 Å². The van der Waals surface area contributed by atoms with Crippen molar-refractivity contribution in [2.75, 3.05) is 38.1 Å². The summed E-state index contributed by atoms with van der Waals surface area (Å²) in [5.74, 6) is 0.410. The third-order valence-electron chi connectivity index (χ3n) is 5.71. The number of piperazine rings is 1. The Morgan fingerprint density at radius 2 is 1.84 bits per heavy atom. The largest absolute Gasteiger partial charge is 0.345 e. The molecule has 1 aliphatic heterocycles. The fourth-order valence-corrected chi connectivity index (χ4v) is 4.96. The van der Waals surface area contributed by atoms with Crippen LogP contribution in [-0.4, -0.2) is 51.0 Å². The molecule has 0 unspecified atom stereocenters. The van der Waals surface area contributed by atoms with Crippen molar-refractivity contribution >= 4 is 27.4 Å². The maximum absolute atomic E-state index is 13.5. The molecule has 1 aromatic carbocycles. The number of aromatic nitrogens is 2. The van der Waals surface area contributed by atoms with Gasteiger partial charge in [-0.1, -0.05) is 24.3 Å². The molecular weight excluding hydrogens is 426 g/mol. The number of nitrogens with one attached hydrogen (secondary N) is 1. The lowest BCUT2D eigenvalue weighted by atomic mass is 10.2. The number of rotatable bonds is 4. The molecule has 0 saturated carbocycles. The van der Waals surface area contributed by atoms with E-state index in [1.807, 2.05) is 17.9 Å². The molecule has 0 atom stereocenters. The van der Waals surface area contributed by atoms with Crippen molar-refractivity contribution in [2.45, 2.75) is 11.8 Å². The molecule has 1 saturated heterocycles. The van der Waals surface area contributed by atoms with Gasteiger partial charge in [0.25, 0.3) is 5.56 Å². The second-order valence-corrected chi connectivity index (χ2v) is 9.84. The predicted octanol–water partition coefficient (Wildman–Crippen LogP) is 0.676. The van der Waals surface area contributed by atoms with Crippen molar-refractivity contribution in [1.29, 1.82) is 5.26 Å². The first kappa shape index (κ1) is 21.7. The van der Waals surface area contributed by atoms with Gasteiger partial charge >= 0.3 is 0 Å². The molecule has 3 heterocycles. The van der Waals surface area contributed by atoms with Crippen LogP contribution in [0.3, 0.4) is 0 Å². The molecule has 0 bridgehead atoms. The van der Waals surface area contributed by atoms with Gasteiger partial charge in [-0.2, -0.15) is 5.26 Å². The average molecular weight is 451 g/mol. The first-order valence-electron chi connectivity index (χ1n) is 10.3. The lowest BCUT2D eigenvalue weighted by Crippen LogP contribution is -3.12. The third kappa shape index (κ3) is 3.90. The van der Waals surface area contributed by atoms with Crippen LogP contribution in [0.1, 0.15) is 11.1 Å². The number of aryl methyl sites for hydroxylation is 1. The van der Waals surface area contributed by atoms with Gasteiger partial charge in [-0.15, -0.1) is 0 Å². The van der Waals surface area contributed by atoms with E-state index < -0.39 is 20.3 Å². The number of quaternary nitrogens is 1. The number of sulfone groups is 1. The monoisotopic (exact) mass is 450 g/mol. The normalized spacial score (nSPS) is 15.7. The molecule has 0 radical (unpaired) electrons. The van der Waals surface area contributed by atoms with Crippen molar-refractivity contribution in [3.05, 3.63) is 75.0 Å². The zero-order valence-electron chi connectivity index (χ0n) is 17.9. The summed E-state index contributed by atoms with van der Waals surface area (Å²) in [5.41, 5.74) is 1.04. The summed E-state index contributed by atoms with van der Waals surface area (Å²) in [6, 6.07) is 13.1. The zero-order valence-corrected chi connectivity index (χ0v) is 18.8. The maximum Gasteiger partial charge on any atom is 0.267 e. The second kappa shape index (κ2) is 8.57. The predicted molar refractivity (Wildman–Crippen MR) is 122 cm³/mol. The fraction of sp³-hybridized carbons (Fsp3) is 0.261. The first-order chi connectivity index (χ1) is 15.3. The van der Waals surface area contributed by atoms with Crippen LogP contribution >= 0.6 is 0 Å². The van der Waals surface area contributed by atoms with Gasteiger partial charge in [0.2, 0.25) is 9.84 Å². The number of nitrogens with zero attached hydrogens (tertiary/aromatic N) is 4. The number of allylic oxidation sites excluding steroid dienone is 1. The Morgan fingerprint density at radius 3 is 2.50 bits per heavy atom. The van der Waals surface area contributed by atoms with Gasteiger partial charge in [-0.25, -0.2) is 13.4 Å². The number of benzene rings is 1. The summed E-state index contributed by atoms with van der Waals surface area (Å²) < 4.78 is 27.6. The highest BCUT2D eigenvalue weighted by atomic mass is 32.2. The molecule has 1 fully saturated rings. The SMILES string of the molecule is Cc1cccn2c(=O)c(/C=C(\C#N)S(=O)(=O)c3ccccc3)c(N3CC[NH+](C)CC3)nc12. The smallest absolute Gasteiger partial charge is 0.267 e. The van der Waals surface area contributed by atoms with Crippen molar-refractivity contribution in [3.8, 4) is 6.07 Å². The Balaban J connectivity index is 1.96. The number of fused-ring (bicyclic) bond motifs is 1. The van der Waals surface area contributed by atoms with Crippen LogP contribution in [-0.2, 0) is 9.84 Å². The highest BCUT2D eigenvalue weighted by Gasteiger charge is 2.26. The lowest BCUT2D eigenvalue weighted by Gasteiger charge is -2.31. The van der Waals surface area contributed by atoms with E-state index in [9.17, 15) is 18.5 Å². The summed E-state index contributed by atoms with van der Waals surface area (Å²) in [6.07, 6.45) is 2.78. The van der Waals surface area contributed by atoms with Crippen LogP contribution in [0.2, 0.25) is 0 Å². The minimum absolute atomic E-state index is 0.00208. The summed E-state index contributed by atoms with van der Waals surface area (Å²) >= 11 is 0. The van der Waals surface area contributed by atoms with E-state index in [1.165, 1.54) is 27.5 Å². The highest BCUT2D eigenvalue weighted by Crippen LogP contribution is 2.24. The van der Waals surface area contributed by atoms with Crippen LogP contribution in [0.15, 0.2) is 63.3 Å². The fourth-order valence-electron chi connectivity index (χ4n) is 3.80. The Labute approximate surface area is 186 Å². The van der Waals surface area contributed by atoms with Gasteiger partial charge in [0.1, 0.15) is 22.4 Å². The van der Waals surface area contributed by atoms with E-state index in [4.69, 9.17) is 4.98 Å². The number of likely N-dealkylation sites (N-methyl/N-ethyl adjacent to an activating group) is 1. The Morgan fingerprint density at radius 1 is 1.16 bits per heavy atom. The zero-order chi connectivity index (χ0) is 22.9. The van der Waals surface area contributed by atoms with Gasteiger partial charge in [0, 0.05) is 6.20 Å². The van der Waals surface area contributed by atoms with Crippen LogP contribution in [0, 0.1) is 18.3 Å². The van der Waals surface area contributed by atoms with Crippen molar-refractivity contribution in [3.63, 3.8) is 0 Å². The van der Waals surface area contributed by atoms with Gasteiger partial charge in [-0.3, -0.25) is 9.20 Å². The van der Waals surface area contributed by atoms with Crippen LogP contribution in [0.5, 0.6) is 0 Å². The van der Waals surface area contributed by atoms with Crippen LogP contribution < -0.4 is 15.4 Å². The third-order valence-corrected chi connectivity index (χ3v) is 7.39. The summed E-state index contributed by atoms with van der Waals surface area (Å²) in [6.45, 7) is 4.95. The van der Waals surface area contributed by atoms with E-state index in [1.54, 1.807) is 36.5 Å². The van der Waals surface area contributed by atoms with Crippen molar-refractivity contribution in [1.82, 2.24) is 9.38 Å². The quantitative estimate of drug-likeness (QED) is 0.587. The number of pyridine rings is 1. The van der Waals surface area contributed by atoms with E-state index in [0.29, 0.717) is 24.6 Å². The second-order valence-electron chi connectivity index (χ2n) is 7.92. The molecule has 0 spiro atoms. The molecule has 1 N–H and O–H groups in total. The number of nitriles is 1.